The first-order valence-corrected chi connectivity index (χ1v) is 16.2. The second-order valence-corrected chi connectivity index (χ2v) is 12.6. The van der Waals surface area contributed by atoms with Crippen molar-refractivity contribution in [1.29, 1.82) is 0 Å². The number of rotatable bonds is 11. The van der Waals surface area contributed by atoms with Crippen LogP contribution in [0.3, 0.4) is 0 Å². The number of morpholine rings is 1. The highest BCUT2D eigenvalue weighted by Gasteiger charge is 2.66. The van der Waals surface area contributed by atoms with E-state index in [2.05, 4.69) is 15.1 Å². The lowest BCUT2D eigenvalue weighted by atomic mass is 9.79. The number of aryl methyl sites for hydroxylation is 1. The number of carbonyl (C=O) groups excluding carboxylic acids is 1. The third-order valence-corrected chi connectivity index (χ3v) is 9.52. The summed E-state index contributed by atoms with van der Waals surface area (Å²) in [4.78, 5) is 36.6. The molecule has 7 rings (SSSR count). The van der Waals surface area contributed by atoms with E-state index in [1.807, 2.05) is 97.7 Å². The summed E-state index contributed by atoms with van der Waals surface area (Å²) in [6.07, 6.45) is 2.94. The van der Waals surface area contributed by atoms with Gasteiger partial charge in [-0.15, -0.1) is 0 Å². The van der Waals surface area contributed by atoms with Crippen molar-refractivity contribution in [3.63, 3.8) is 0 Å². The molecule has 0 amide bonds. The summed E-state index contributed by atoms with van der Waals surface area (Å²) in [6, 6.07) is 24.9. The first kappa shape index (κ1) is 33.1. The monoisotopic (exact) mass is 678 g/mol. The van der Waals surface area contributed by atoms with Crippen LogP contribution in [0.2, 0.25) is 0 Å². The highest BCUT2D eigenvalue weighted by Crippen LogP contribution is 2.50. The Balaban J connectivity index is 1.34. The van der Waals surface area contributed by atoms with Crippen LogP contribution in [0.25, 0.3) is 5.82 Å². The molecule has 258 valence electrons. The van der Waals surface area contributed by atoms with Gasteiger partial charge in [-0.3, -0.25) is 14.3 Å². The van der Waals surface area contributed by atoms with E-state index in [0.717, 1.165) is 16.7 Å². The standard InChI is InChI=1S/C37H38N6O7/c1-24-19-42(35(45)40-33(24)43-23-38-22-39-43)34-31-32(49-25(2)44)36(50-34,20-41(31)3)21-48-37(26-9-7-6-8-10-26,27-11-15-29(46-4)16-12-27)28-13-17-30(47-5)18-14-28/h6-19,22-23,31-32,34H,20-21H2,1-5H3/t31-,32+,34-,36-/m1/s1. The molecule has 2 aliphatic rings. The Morgan fingerprint density at radius 3 is 2.14 bits per heavy atom. The predicted molar refractivity (Wildman–Crippen MR) is 181 cm³/mol. The van der Waals surface area contributed by atoms with Gasteiger partial charge >= 0.3 is 11.7 Å². The number of benzene rings is 3. The smallest absolute Gasteiger partial charge is 0.351 e. The van der Waals surface area contributed by atoms with E-state index in [1.165, 1.54) is 28.8 Å². The number of hydrogen-bond acceptors (Lipinski definition) is 11. The zero-order valence-corrected chi connectivity index (χ0v) is 28.4. The number of ether oxygens (including phenoxy) is 5. The summed E-state index contributed by atoms with van der Waals surface area (Å²) in [5, 5.41) is 4.13. The molecule has 0 N–H and O–H groups in total. The van der Waals surface area contributed by atoms with Gasteiger partial charge in [0, 0.05) is 25.2 Å². The number of esters is 1. The number of hydrogen-bond donors (Lipinski definition) is 0. The van der Waals surface area contributed by atoms with Gasteiger partial charge in [-0.1, -0.05) is 54.6 Å². The van der Waals surface area contributed by atoms with Crippen molar-refractivity contribution in [2.45, 2.75) is 43.4 Å². The zero-order valence-electron chi connectivity index (χ0n) is 28.4. The molecular formula is C37H38N6O7. The van der Waals surface area contributed by atoms with Gasteiger partial charge in [0.1, 0.15) is 35.4 Å². The fourth-order valence-corrected chi connectivity index (χ4v) is 7.28. The van der Waals surface area contributed by atoms with E-state index in [0.29, 0.717) is 29.4 Å². The molecule has 50 heavy (non-hydrogen) atoms. The van der Waals surface area contributed by atoms with Crippen LogP contribution in [0.4, 0.5) is 0 Å². The molecule has 2 aromatic heterocycles. The van der Waals surface area contributed by atoms with E-state index >= 15 is 0 Å². The molecule has 0 unspecified atom stereocenters. The third kappa shape index (κ3) is 5.62. The second-order valence-electron chi connectivity index (χ2n) is 12.6. The minimum Gasteiger partial charge on any atom is -0.497 e. The minimum absolute atomic E-state index is 0.00651. The van der Waals surface area contributed by atoms with Crippen LogP contribution in [0.15, 0.2) is 103 Å². The first-order valence-electron chi connectivity index (χ1n) is 16.2. The SMILES string of the molecule is COc1ccc(C(OC[C@@]23CN(C)[C@@H]([C@H](n4cc(C)c(-n5cncn5)nc4=O)O2)[C@@H]3OC(C)=O)(c2ccccc2)c2ccc(OC)cc2)cc1. The maximum Gasteiger partial charge on any atom is 0.351 e. The van der Waals surface area contributed by atoms with Crippen LogP contribution < -0.4 is 15.2 Å². The Morgan fingerprint density at radius 2 is 1.58 bits per heavy atom. The second kappa shape index (κ2) is 13.2. The van der Waals surface area contributed by atoms with Gasteiger partial charge in [0.05, 0.1) is 26.9 Å². The summed E-state index contributed by atoms with van der Waals surface area (Å²) < 4.78 is 34.0. The number of fused-ring (bicyclic) bond motifs is 2. The molecule has 0 spiro atoms. The Morgan fingerprint density at radius 1 is 0.960 bits per heavy atom. The lowest BCUT2D eigenvalue weighted by molar-refractivity contribution is -0.184. The molecule has 2 saturated heterocycles. The van der Waals surface area contributed by atoms with Crippen LogP contribution in [0.1, 0.15) is 35.4 Å². The minimum atomic E-state index is -1.16. The van der Waals surface area contributed by atoms with Gasteiger partial charge < -0.3 is 23.7 Å². The molecule has 4 heterocycles. The van der Waals surface area contributed by atoms with Gasteiger partial charge in [-0.05, 0) is 54.9 Å². The van der Waals surface area contributed by atoms with Gasteiger partial charge in [-0.2, -0.15) is 10.1 Å². The number of likely N-dealkylation sites (N-methyl/N-ethyl adjacent to an activating group) is 1. The molecule has 2 fully saturated rings. The molecule has 2 bridgehead atoms. The number of nitrogens with zero attached hydrogens (tertiary/aromatic N) is 6. The normalized spacial score (nSPS) is 21.7. The molecule has 5 aromatic rings. The quantitative estimate of drug-likeness (QED) is 0.150. The lowest BCUT2D eigenvalue weighted by Crippen LogP contribution is -2.51. The maximum absolute atomic E-state index is 13.6. The van der Waals surface area contributed by atoms with Crippen molar-refractivity contribution >= 4 is 5.97 Å². The van der Waals surface area contributed by atoms with Crippen molar-refractivity contribution in [1.82, 2.24) is 29.2 Å². The highest BCUT2D eigenvalue weighted by molar-refractivity contribution is 5.66. The van der Waals surface area contributed by atoms with Gasteiger partial charge in [0.15, 0.2) is 18.1 Å². The van der Waals surface area contributed by atoms with Crippen LogP contribution in [0, 0.1) is 6.92 Å². The van der Waals surface area contributed by atoms with Crippen molar-refractivity contribution in [2.24, 2.45) is 0 Å². The fourth-order valence-electron chi connectivity index (χ4n) is 7.28. The maximum atomic E-state index is 13.6. The Bertz CT molecular complexity index is 1970. The Kier molecular flexibility index (Phi) is 8.72. The van der Waals surface area contributed by atoms with Crippen LogP contribution in [0.5, 0.6) is 11.5 Å². The molecule has 13 nitrogen and oxygen atoms in total. The van der Waals surface area contributed by atoms with Crippen molar-refractivity contribution in [3.8, 4) is 17.3 Å². The van der Waals surface area contributed by atoms with Gasteiger partial charge in [-0.25, -0.2) is 14.5 Å². The number of carbonyl (C=O) groups is 1. The number of methoxy groups -OCH3 is 2. The average molecular weight is 679 g/mol. The van der Waals surface area contributed by atoms with Crippen LogP contribution >= 0.6 is 0 Å². The summed E-state index contributed by atoms with van der Waals surface area (Å²) >= 11 is 0. The number of likely N-dealkylation sites (tertiary alicyclic amines) is 1. The molecule has 4 atom stereocenters. The summed E-state index contributed by atoms with van der Waals surface area (Å²) in [6.45, 7) is 3.57. The largest absolute Gasteiger partial charge is 0.497 e. The van der Waals surface area contributed by atoms with E-state index in [4.69, 9.17) is 23.7 Å². The molecule has 13 heteroatoms. The topological polar surface area (TPSA) is 132 Å². The van der Waals surface area contributed by atoms with E-state index in [1.54, 1.807) is 20.4 Å². The molecule has 3 aromatic carbocycles. The molecular weight excluding hydrogens is 640 g/mol. The predicted octanol–water partition coefficient (Wildman–Crippen LogP) is 3.67. The fraction of sp³-hybridized carbons (Fsp3) is 0.324. The Hall–Kier alpha value is -5.37. The molecule has 0 aliphatic carbocycles. The van der Waals surface area contributed by atoms with Crippen molar-refractivity contribution in [3.05, 3.63) is 130 Å². The van der Waals surface area contributed by atoms with E-state index < -0.39 is 41.2 Å². The Labute approximate surface area is 289 Å². The van der Waals surface area contributed by atoms with Gasteiger partial charge in [0.2, 0.25) is 0 Å². The summed E-state index contributed by atoms with van der Waals surface area (Å²) in [7, 11) is 5.17. The average Bonchev–Trinajstić information content (AvgIpc) is 3.83. The van der Waals surface area contributed by atoms with E-state index in [9.17, 15) is 9.59 Å². The zero-order chi connectivity index (χ0) is 35.0. The van der Waals surface area contributed by atoms with Crippen molar-refractivity contribution < 1.29 is 28.5 Å². The van der Waals surface area contributed by atoms with E-state index in [-0.39, 0.29) is 6.61 Å². The highest BCUT2D eigenvalue weighted by atomic mass is 16.6. The summed E-state index contributed by atoms with van der Waals surface area (Å²) in [5.74, 6) is 1.30. The summed E-state index contributed by atoms with van der Waals surface area (Å²) in [5.41, 5.74) is 0.377. The number of aromatic nitrogens is 5. The van der Waals surface area contributed by atoms with Gasteiger partial charge in [0.25, 0.3) is 0 Å². The molecule has 0 radical (unpaired) electrons. The first-order chi connectivity index (χ1) is 24.2. The lowest BCUT2D eigenvalue weighted by Gasteiger charge is -2.41. The van der Waals surface area contributed by atoms with Crippen LogP contribution in [-0.2, 0) is 24.6 Å². The van der Waals surface area contributed by atoms with Crippen molar-refractivity contribution in [2.75, 3.05) is 34.4 Å². The van der Waals surface area contributed by atoms with Crippen LogP contribution in [-0.4, -0.2) is 87.4 Å². The molecule has 0 saturated carbocycles. The molecule has 2 aliphatic heterocycles. The third-order valence-electron chi connectivity index (χ3n) is 9.52.